The van der Waals surface area contributed by atoms with Crippen molar-refractivity contribution >= 4 is 27.4 Å². The largest absolute Gasteiger partial charge is 0.356 e. The third kappa shape index (κ3) is 4.02. The van der Waals surface area contributed by atoms with E-state index in [0.29, 0.717) is 18.1 Å². The molecule has 0 saturated heterocycles. The van der Waals surface area contributed by atoms with Gasteiger partial charge in [0, 0.05) is 19.7 Å². The lowest BCUT2D eigenvalue weighted by molar-refractivity contribution is -0.364. The SMILES string of the molecule is CCN(c1ccccc1)S(=O)(=O)c1ccc(NCC(=O)NC)[nH+]c1. The molecule has 1 amide bonds. The van der Waals surface area contributed by atoms with Crippen LogP contribution in [-0.2, 0) is 14.8 Å². The van der Waals surface area contributed by atoms with Gasteiger partial charge in [-0.1, -0.05) is 18.2 Å². The number of nitrogens with one attached hydrogen (secondary N) is 3. The van der Waals surface area contributed by atoms with E-state index in [-0.39, 0.29) is 17.3 Å². The van der Waals surface area contributed by atoms with Gasteiger partial charge in [-0.2, -0.15) is 0 Å². The fourth-order valence-corrected chi connectivity index (χ4v) is 3.60. The fraction of sp³-hybridized carbons (Fsp3) is 0.250. The van der Waals surface area contributed by atoms with Crippen LogP contribution in [-0.4, -0.2) is 34.5 Å². The van der Waals surface area contributed by atoms with E-state index in [2.05, 4.69) is 15.6 Å². The summed E-state index contributed by atoms with van der Waals surface area (Å²) < 4.78 is 27.0. The molecule has 1 heterocycles. The van der Waals surface area contributed by atoms with Gasteiger partial charge in [-0.15, -0.1) is 0 Å². The topological polar surface area (TPSA) is 92.7 Å². The van der Waals surface area contributed by atoms with Crippen molar-refractivity contribution in [2.45, 2.75) is 11.8 Å². The van der Waals surface area contributed by atoms with Crippen molar-refractivity contribution in [1.29, 1.82) is 0 Å². The molecule has 128 valence electrons. The second kappa shape index (κ2) is 7.78. The van der Waals surface area contributed by atoms with Gasteiger partial charge >= 0.3 is 0 Å². The first-order valence-corrected chi connectivity index (χ1v) is 8.97. The van der Waals surface area contributed by atoms with Gasteiger partial charge in [-0.05, 0) is 25.1 Å². The summed E-state index contributed by atoms with van der Waals surface area (Å²) in [4.78, 5) is 14.2. The van der Waals surface area contributed by atoms with E-state index in [4.69, 9.17) is 0 Å². The standard InChI is InChI=1S/C16H20N4O3S/c1-3-20(13-7-5-4-6-8-13)24(22,23)14-9-10-15(18-11-14)19-12-16(21)17-2/h4-11H,3,12H2,1-2H3,(H,17,21)(H,18,19)/p+1. The molecule has 2 rings (SSSR count). The number of anilines is 2. The number of hydrogen-bond acceptors (Lipinski definition) is 4. The molecule has 0 aliphatic carbocycles. The number of likely N-dealkylation sites (N-methyl/N-ethyl adjacent to an activating group) is 1. The molecule has 0 bridgehead atoms. The summed E-state index contributed by atoms with van der Waals surface area (Å²) in [6.07, 6.45) is 1.41. The molecule has 24 heavy (non-hydrogen) atoms. The molecule has 7 nitrogen and oxygen atoms in total. The Balaban J connectivity index is 2.21. The molecule has 0 unspecified atom stereocenters. The Morgan fingerprint density at radius 2 is 1.88 bits per heavy atom. The number of amides is 1. The lowest BCUT2D eigenvalue weighted by atomic mass is 10.3. The molecule has 0 atom stereocenters. The molecule has 0 aliphatic heterocycles. The van der Waals surface area contributed by atoms with Crippen molar-refractivity contribution in [3.63, 3.8) is 0 Å². The molecular weight excluding hydrogens is 328 g/mol. The number of carbonyl (C=O) groups is 1. The highest BCUT2D eigenvalue weighted by molar-refractivity contribution is 7.92. The third-order valence-electron chi connectivity index (χ3n) is 3.42. The molecule has 1 aromatic carbocycles. The number of aromatic nitrogens is 1. The molecule has 3 N–H and O–H groups in total. The maximum atomic E-state index is 12.8. The van der Waals surface area contributed by atoms with Crippen molar-refractivity contribution in [2.24, 2.45) is 0 Å². The summed E-state index contributed by atoms with van der Waals surface area (Å²) in [5.41, 5.74) is 0.613. The highest BCUT2D eigenvalue weighted by atomic mass is 32.2. The lowest BCUT2D eigenvalue weighted by Gasteiger charge is -2.22. The zero-order valence-corrected chi connectivity index (χ0v) is 14.4. The van der Waals surface area contributed by atoms with Gasteiger partial charge in [-0.3, -0.25) is 14.4 Å². The summed E-state index contributed by atoms with van der Waals surface area (Å²) in [7, 11) is -2.11. The van der Waals surface area contributed by atoms with Gasteiger partial charge in [0.05, 0.1) is 5.69 Å². The normalized spacial score (nSPS) is 10.9. The van der Waals surface area contributed by atoms with Gasteiger partial charge < -0.3 is 5.32 Å². The van der Waals surface area contributed by atoms with Gasteiger partial charge in [0.15, 0.2) is 6.54 Å². The second-order valence-corrected chi connectivity index (χ2v) is 6.83. The number of para-hydroxylation sites is 1. The lowest BCUT2D eigenvalue weighted by Crippen LogP contribution is -2.32. The number of carbonyl (C=O) groups excluding carboxylic acids is 1. The Hall–Kier alpha value is -2.61. The van der Waals surface area contributed by atoms with Crippen LogP contribution in [0.25, 0.3) is 0 Å². The van der Waals surface area contributed by atoms with Gasteiger partial charge in [0.25, 0.3) is 21.7 Å². The Morgan fingerprint density at radius 1 is 1.17 bits per heavy atom. The number of aromatic amines is 1. The first kappa shape index (κ1) is 17.7. The first-order valence-electron chi connectivity index (χ1n) is 7.53. The summed E-state index contributed by atoms with van der Waals surface area (Å²) in [5.74, 6) is 0.390. The molecule has 8 heteroatoms. The average molecular weight is 349 g/mol. The first-order chi connectivity index (χ1) is 11.5. The summed E-state index contributed by atoms with van der Waals surface area (Å²) in [6.45, 7) is 2.21. The number of hydrogen-bond donors (Lipinski definition) is 2. The van der Waals surface area contributed by atoms with Crippen molar-refractivity contribution < 1.29 is 18.2 Å². The summed E-state index contributed by atoms with van der Waals surface area (Å²) >= 11 is 0. The number of nitrogens with zero attached hydrogens (tertiary/aromatic N) is 1. The maximum Gasteiger partial charge on any atom is 0.272 e. The minimum atomic E-state index is -3.66. The van der Waals surface area contributed by atoms with Crippen LogP contribution < -0.4 is 19.9 Å². The Morgan fingerprint density at radius 3 is 2.42 bits per heavy atom. The van der Waals surface area contributed by atoms with Crippen LogP contribution in [0, 0.1) is 0 Å². The number of sulfonamides is 1. The van der Waals surface area contributed by atoms with Crippen LogP contribution in [0.1, 0.15) is 6.92 Å². The predicted octanol–water partition coefficient (Wildman–Crippen LogP) is 0.874. The van der Waals surface area contributed by atoms with Crippen molar-refractivity contribution in [2.75, 3.05) is 29.8 Å². The van der Waals surface area contributed by atoms with Crippen molar-refractivity contribution in [1.82, 2.24) is 5.32 Å². The van der Waals surface area contributed by atoms with Crippen molar-refractivity contribution in [3.05, 3.63) is 48.7 Å². The van der Waals surface area contributed by atoms with E-state index in [1.807, 2.05) is 6.07 Å². The smallest absolute Gasteiger partial charge is 0.272 e. The van der Waals surface area contributed by atoms with Gasteiger partial charge in [0.1, 0.15) is 11.1 Å². The molecule has 0 spiro atoms. The Labute approximate surface area is 141 Å². The number of benzene rings is 1. The third-order valence-corrected chi connectivity index (χ3v) is 5.32. The summed E-state index contributed by atoms with van der Waals surface area (Å²) in [6, 6.07) is 12.0. The van der Waals surface area contributed by atoms with E-state index < -0.39 is 10.0 Å². The van der Waals surface area contributed by atoms with E-state index in [0.717, 1.165) is 0 Å². The molecular formula is C16H21N4O3S+. The van der Waals surface area contributed by atoms with Crippen LogP contribution in [0.15, 0.2) is 53.6 Å². The predicted molar refractivity (Wildman–Crippen MR) is 92.2 cm³/mol. The number of pyridine rings is 1. The van der Waals surface area contributed by atoms with Crippen LogP contribution in [0.5, 0.6) is 0 Å². The molecule has 0 saturated carbocycles. The average Bonchev–Trinajstić information content (AvgIpc) is 2.61. The molecule has 0 fully saturated rings. The molecule has 0 aliphatic rings. The van der Waals surface area contributed by atoms with Crippen LogP contribution in [0.3, 0.4) is 0 Å². The van der Waals surface area contributed by atoms with E-state index in [1.54, 1.807) is 44.3 Å². The van der Waals surface area contributed by atoms with E-state index in [9.17, 15) is 13.2 Å². The minimum Gasteiger partial charge on any atom is -0.356 e. The minimum absolute atomic E-state index is 0.101. The van der Waals surface area contributed by atoms with E-state index >= 15 is 0 Å². The second-order valence-electron chi connectivity index (χ2n) is 4.97. The summed E-state index contributed by atoms with van der Waals surface area (Å²) in [5, 5.41) is 5.37. The van der Waals surface area contributed by atoms with Crippen LogP contribution in [0.2, 0.25) is 0 Å². The fourth-order valence-electron chi connectivity index (χ4n) is 2.16. The van der Waals surface area contributed by atoms with Gasteiger partial charge in [0.2, 0.25) is 0 Å². The zero-order valence-electron chi connectivity index (χ0n) is 13.6. The maximum absolute atomic E-state index is 12.8. The highest BCUT2D eigenvalue weighted by Crippen LogP contribution is 2.22. The zero-order chi connectivity index (χ0) is 17.6. The number of rotatable bonds is 7. The highest BCUT2D eigenvalue weighted by Gasteiger charge is 2.24. The van der Waals surface area contributed by atoms with Gasteiger partial charge in [-0.25, -0.2) is 13.4 Å². The number of H-pyrrole nitrogens is 1. The Kier molecular flexibility index (Phi) is 5.75. The molecule has 0 radical (unpaired) electrons. The molecule has 1 aromatic heterocycles. The molecule has 2 aromatic rings. The van der Waals surface area contributed by atoms with E-state index in [1.165, 1.54) is 16.6 Å². The van der Waals surface area contributed by atoms with Crippen LogP contribution in [0.4, 0.5) is 11.5 Å². The Bertz CT molecular complexity index is 777. The van der Waals surface area contributed by atoms with Crippen LogP contribution >= 0.6 is 0 Å². The quantitative estimate of drug-likeness (QED) is 0.776. The van der Waals surface area contributed by atoms with Crippen molar-refractivity contribution in [3.8, 4) is 0 Å². The monoisotopic (exact) mass is 349 g/mol.